The van der Waals surface area contributed by atoms with Gasteiger partial charge in [-0.2, -0.15) is 0 Å². The molecule has 276 valence electrons. The number of furan rings is 1. The molecular formula is C54H44N2O. The van der Waals surface area contributed by atoms with Crippen molar-refractivity contribution in [3.05, 3.63) is 193 Å². The zero-order valence-electron chi connectivity index (χ0n) is 32.3. The van der Waals surface area contributed by atoms with Gasteiger partial charge in [0.1, 0.15) is 11.2 Å². The third-order valence-electron chi connectivity index (χ3n) is 10.9. The van der Waals surface area contributed by atoms with Gasteiger partial charge in [-0.15, -0.1) is 0 Å². The maximum atomic E-state index is 6.39. The van der Waals surface area contributed by atoms with E-state index < -0.39 is 0 Å². The fourth-order valence-electron chi connectivity index (χ4n) is 8.38. The molecule has 0 saturated carbocycles. The van der Waals surface area contributed by atoms with Crippen molar-refractivity contribution in [1.82, 2.24) is 0 Å². The van der Waals surface area contributed by atoms with Crippen LogP contribution >= 0.6 is 0 Å². The molecule has 0 fully saturated rings. The van der Waals surface area contributed by atoms with E-state index >= 15 is 0 Å². The molecule has 1 aromatic heterocycles. The van der Waals surface area contributed by atoms with E-state index in [0.29, 0.717) is 6.54 Å². The van der Waals surface area contributed by atoms with Crippen LogP contribution in [0.4, 0.5) is 5.69 Å². The Morgan fingerprint density at radius 1 is 0.561 bits per heavy atom. The van der Waals surface area contributed by atoms with E-state index in [1.54, 1.807) is 0 Å². The molecule has 3 heteroatoms. The third kappa shape index (κ3) is 6.63. The number of hydrogen-bond acceptors (Lipinski definition) is 3. The van der Waals surface area contributed by atoms with E-state index in [-0.39, 0.29) is 0 Å². The molecule has 0 spiro atoms. The monoisotopic (exact) mass is 736 g/mol. The van der Waals surface area contributed by atoms with E-state index in [4.69, 9.17) is 10.2 Å². The summed E-state index contributed by atoms with van der Waals surface area (Å²) in [6.45, 7) is 4.61. The van der Waals surface area contributed by atoms with Crippen molar-refractivity contribution in [2.45, 2.75) is 20.3 Å². The van der Waals surface area contributed by atoms with Gasteiger partial charge in [0.15, 0.2) is 0 Å². The molecule has 0 aliphatic heterocycles. The van der Waals surface area contributed by atoms with Crippen LogP contribution in [-0.4, -0.2) is 6.54 Å². The van der Waals surface area contributed by atoms with Gasteiger partial charge in [-0.3, -0.25) is 0 Å². The van der Waals surface area contributed by atoms with Crippen molar-refractivity contribution in [3.63, 3.8) is 0 Å². The molecular weight excluding hydrogens is 693 g/mol. The van der Waals surface area contributed by atoms with Gasteiger partial charge in [0.2, 0.25) is 0 Å². The number of hydrogen-bond donors (Lipinski definition) is 2. The van der Waals surface area contributed by atoms with E-state index in [0.717, 1.165) is 45.3 Å². The van der Waals surface area contributed by atoms with Gasteiger partial charge in [0.05, 0.1) is 0 Å². The van der Waals surface area contributed by atoms with Gasteiger partial charge in [-0.05, 0) is 128 Å². The summed E-state index contributed by atoms with van der Waals surface area (Å²) in [5.41, 5.74) is 23.2. The standard InChI is InChI=1S/C54H44N2O/c1-3-5-9-21-39-34-46(36-17-10-7-11-18-36)53-44-25-16-24-43-42(28-29-45(52(43)44)54(53)51(39)37-19-12-8-13-20-37)38-26-30-49-47(33-38)48-35-41(27-31-50(48)57-49)56-40(22-6-4-2)23-14-15-32-55/h3-22,24-31,33-35,56H,23,32,55H2,1-2H3/b5-3-,6-4-,15-14-,21-9-,40-22-. The minimum absolute atomic E-state index is 0.525. The average Bonchev–Trinajstić information content (AvgIpc) is 3.79. The van der Waals surface area contributed by atoms with Crippen LogP contribution in [0.3, 0.4) is 0 Å². The first-order chi connectivity index (χ1) is 28.2. The third-order valence-corrected chi connectivity index (χ3v) is 10.9. The second-order valence-corrected chi connectivity index (χ2v) is 14.4. The lowest BCUT2D eigenvalue weighted by molar-refractivity contribution is 0.669. The molecule has 1 heterocycles. The zero-order valence-corrected chi connectivity index (χ0v) is 32.3. The van der Waals surface area contributed by atoms with Crippen LogP contribution in [0, 0.1) is 0 Å². The number of fused-ring (bicyclic) bond motifs is 6. The Bertz CT molecular complexity index is 2940. The molecule has 57 heavy (non-hydrogen) atoms. The molecule has 1 aliphatic carbocycles. The van der Waals surface area contributed by atoms with Gasteiger partial charge in [-0.1, -0.05) is 146 Å². The fourth-order valence-corrected chi connectivity index (χ4v) is 8.38. The van der Waals surface area contributed by atoms with Crippen molar-refractivity contribution in [2.75, 3.05) is 11.9 Å². The second-order valence-electron chi connectivity index (χ2n) is 14.4. The van der Waals surface area contributed by atoms with Crippen LogP contribution < -0.4 is 11.1 Å². The van der Waals surface area contributed by atoms with Gasteiger partial charge in [-0.25, -0.2) is 0 Å². The van der Waals surface area contributed by atoms with Crippen LogP contribution in [0.15, 0.2) is 192 Å². The number of nitrogens with two attached hydrogens (primary N) is 1. The van der Waals surface area contributed by atoms with Crippen molar-refractivity contribution >= 4 is 44.5 Å². The molecule has 9 rings (SSSR count). The van der Waals surface area contributed by atoms with Crippen LogP contribution in [-0.2, 0) is 0 Å². The topological polar surface area (TPSA) is 51.2 Å². The first-order valence-corrected chi connectivity index (χ1v) is 19.7. The molecule has 0 amide bonds. The Labute approximate surface area is 334 Å². The van der Waals surface area contributed by atoms with Crippen molar-refractivity contribution < 1.29 is 4.42 Å². The molecule has 3 nitrogen and oxygen atoms in total. The minimum atomic E-state index is 0.525. The highest BCUT2D eigenvalue weighted by Gasteiger charge is 2.30. The van der Waals surface area contributed by atoms with Crippen LogP contribution in [0.1, 0.15) is 25.8 Å². The Hall–Kier alpha value is -6.94. The summed E-state index contributed by atoms with van der Waals surface area (Å²) in [6, 6.07) is 48.5. The number of anilines is 1. The molecule has 0 atom stereocenters. The maximum Gasteiger partial charge on any atom is 0.135 e. The number of benzene rings is 7. The van der Waals surface area contributed by atoms with Crippen LogP contribution in [0.5, 0.6) is 0 Å². The predicted molar refractivity (Wildman–Crippen MR) is 245 cm³/mol. The van der Waals surface area contributed by atoms with Gasteiger partial charge in [0, 0.05) is 35.1 Å². The number of allylic oxidation sites excluding steroid dienone is 7. The van der Waals surface area contributed by atoms with Crippen LogP contribution in [0.25, 0.3) is 94.4 Å². The first-order valence-electron chi connectivity index (χ1n) is 19.7. The lowest BCUT2D eigenvalue weighted by atomic mass is 9.84. The Kier molecular flexibility index (Phi) is 9.82. The molecule has 3 N–H and O–H groups in total. The van der Waals surface area contributed by atoms with Crippen LogP contribution in [0.2, 0.25) is 0 Å². The molecule has 1 aliphatic rings. The summed E-state index contributed by atoms with van der Waals surface area (Å²) in [6.07, 6.45) is 19.6. The van der Waals surface area contributed by atoms with E-state index in [2.05, 4.69) is 188 Å². The van der Waals surface area contributed by atoms with E-state index in [1.165, 1.54) is 66.4 Å². The molecule has 8 aromatic rings. The van der Waals surface area contributed by atoms with E-state index in [1.807, 2.05) is 19.1 Å². The number of nitrogens with one attached hydrogen (secondary N) is 1. The zero-order chi connectivity index (χ0) is 38.7. The van der Waals surface area contributed by atoms with E-state index in [9.17, 15) is 0 Å². The van der Waals surface area contributed by atoms with Crippen molar-refractivity contribution in [3.8, 4) is 55.6 Å². The highest BCUT2D eigenvalue weighted by molar-refractivity contribution is 6.24. The quantitative estimate of drug-likeness (QED) is 0.103. The smallest absolute Gasteiger partial charge is 0.135 e. The summed E-state index contributed by atoms with van der Waals surface area (Å²) < 4.78 is 6.39. The summed E-state index contributed by atoms with van der Waals surface area (Å²) >= 11 is 0. The Morgan fingerprint density at radius 2 is 1.28 bits per heavy atom. The lowest BCUT2D eigenvalue weighted by Crippen LogP contribution is -1.99. The summed E-state index contributed by atoms with van der Waals surface area (Å²) in [5, 5.41) is 8.34. The Morgan fingerprint density at radius 3 is 2.05 bits per heavy atom. The number of rotatable bonds is 11. The normalized spacial score (nSPS) is 12.8. The average molecular weight is 737 g/mol. The minimum Gasteiger partial charge on any atom is -0.456 e. The molecule has 0 unspecified atom stereocenters. The highest BCUT2D eigenvalue weighted by atomic mass is 16.3. The molecule has 7 aromatic carbocycles. The molecule has 0 saturated heterocycles. The maximum absolute atomic E-state index is 6.39. The first kappa shape index (κ1) is 35.7. The fraction of sp³-hybridized carbons (Fsp3) is 0.0741. The molecule has 0 radical (unpaired) electrons. The Balaban J connectivity index is 1.22. The second kappa shape index (κ2) is 15.7. The van der Waals surface area contributed by atoms with Gasteiger partial charge >= 0.3 is 0 Å². The summed E-state index contributed by atoms with van der Waals surface area (Å²) in [5.74, 6) is 0. The summed E-state index contributed by atoms with van der Waals surface area (Å²) in [4.78, 5) is 0. The van der Waals surface area contributed by atoms with Gasteiger partial charge in [0.25, 0.3) is 0 Å². The lowest BCUT2D eigenvalue weighted by Gasteiger charge is -2.19. The van der Waals surface area contributed by atoms with Crippen molar-refractivity contribution in [2.24, 2.45) is 5.73 Å². The predicted octanol–water partition coefficient (Wildman–Crippen LogP) is 14.8. The summed E-state index contributed by atoms with van der Waals surface area (Å²) in [7, 11) is 0. The van der Waals surface area contributed by atoms with Crippen molar-refractivity contribution in [1.29, 1.82) is 0 Å². The van der Waals surface area contributed by atoms with Gasteiger partial charge < -0.3 is 15.5 Å². The largest absolute Gasteiger partial charge is 0.456 e. The molecule has 0 bridgehead atoms. The SMILES string of the molecule is C/C=C\C=C/c1cc(-c2ccccc2)c2c(c1-c1ccccc1)-c1ccc(-c3ccc4oc5ccc(N/C(=C\C=C/C)C/C=C\CN)cc5c4c3)c3cccc-2c13. The highest BCUT2D eigenvalue weighted by Crippen LogP contribution is 2.57.